The van der Waals surface area contributed by atoms with Gasteiger partial charge in [0.25, 0.3) is 5.91 Å². The summed E-state index contributed by atoms with van der Waals surface area (Å²) < 4.78 is 5.07. The molecule has 1 aromatic carbocycles. The van der Waals surface area contributed by atoms with Gasteiger partial charge in [0.2, 0.25) is 5.91 Å². The van der Waals surface area contributed by atoms with Gasteiger partial charge < -0.3 is 19.9 Å². The number of Topliss-reactive ketones (excluding diaryl/α,β-unsaturated/α-hetero) is 1. The summed E-state index contributed by atoms with van der Waals surface area (Å²) in [6.07, 6.45) is 0.768. The van der Waals surface area contributed by atoms with Gasteiger partial charge >= 0.3 is 5.97 Å². The number of likely N-dealkylation sites (N-methyl/N-ethyl adjacent to an activating group) is 1. The van der Waals surface area contributed by atoms with Gasteiger partial charge in [-0.05, 0) is 44.4 Å². The number of nitrogens with one attached hydrogen (secondary N) is 2. The Morgan fingerprint density at radius 1 is 1.13 bits per heavy atom. The van der Waals surface area contributed by atoms with E-state index in [-0.39, 0.29) is 23.9 Å². The highest BCUT2D eigenvalue weighted by Gasteiger charge is 2.22. The molecule has 0 atom stereocenters. The molecule has 0 saturated carbocycles. The molecule has 8 heteroatoms. The van der Waals surface area contributed by atoms with Crippen LogP contribution in [0.4, 0.5) is 5.69 Å². The number of anilines is 1. The lowest BCUT2D eigenvalue weighted by Crippen LogP contribution is -2.37. The van der Waals surface area contributed by atoms with Crippen LogP contribution in [0.5, 0.6) is 0 Å². The summed E-state index contributed by atoms with van der Waals surface area (Å²) in [4.78, 5) is 52.5. The Kier molecular flexibility index (Phi) is 7.52. The summed E-state index contributed by atoms with van der Waals surface area (Å²) >= 11 is 0. The van der Waals surface area contributed by atoms with Gasteiger partial charge in [-0.1, -0.05) is 25.1 Å². The molecule has 160 valence electrons. The average Bonchev–Trinajstić information content (AvgIpc) is 3.00. The predicted octanol–water partition coefficient (Wildman–Crippen LogP) is 2.65. The smallest absolute Gasteiger partial charge is 0.355 e. The molecule has 0 radical (unpaired) electrons. The first kappa shape index (κ1) is 22.9. The Bertz CT molecular complexity index is 977. The fourth-order valence-corrected chi connectivity index (χ4v) is 3.24. The molecule has 2 rings (SSSR count). The molecule has 2 amide bonds. The maximum atomic E-state index is 12.3. The van der Waals surface area contributed by atoms with E-state index in [9.17, 15) is 19.2 Å². The Morgan fingerprint density at radius 3 is 2.40 bits per heavy atom. The second kappa shape index (κ2) is 9.87. The van der Waals surface area contributed by atoms with Crippen LogP contribution < -0.4 is 5.32 Å². The Morgan fingerprint density at radius 2 is 1.80 bits per heavy atom. The van der Waals surface area contributed by atoms with Gasteiger partial charge in [0.05, 0.1) is 6.54 Å². The first-order chi connectivity index (χ1) is 14.1. The summed E-state index contributed by atoms with van der Waals surface area (Å²) in [5.41, 5.74) is 3.34. The van der Waals surface area contributed by atoms with E-state index in [1.54, 1.807) is 19.9 Å². The topological polar surface area (TPSA) is 109 Å². The largest absolute Gasteiger partial charge is 0.451 e. The standard InChI is InChI=1S/C22H27N3O5/c1-6-16-9-7-8-10-17(16)24-18(27)11-25(5)19(28)12-30-22(29)21-13(2)20(15(4)26)14(3)23-21/h7-10,23H,6,11-12H2,1-5H3,(H,24,27). The lowest BCUT2D eigenvalue weighted by Gasteiger charge is -2.17. The van der Waals surface area contributed by atoms with Gasteiger partial charge in [-0.25, -0.2) is 4.79 Å². The number of carbonyl (C=O) groups is 4. The van der Waals surface area contributed by atoms with Crippen molar-refractivity contribution in [3.63, 3.8) is 0 Å². The number of aryl methyl sites for hydroxylation is 2. The second-order valence-electron chi connectivity index (χ2n) is 7.07. The number of ether oxygens (including phenoxy) is 1. The minimum absolute atomic E-state index is 0.141. The fraction of sp³-hybridized carbons (Fsp3) is 0.364. The first-order valence-electron chi connectivity index (χ1n) is 9.64. The van der Waals surface area contributed by atoms with Crippen LogP contribution in [0, 0.1) is 13.8 Å². The summed E-state index contributed by atoms with van der Waals surface area (Å²) in [6, 6.07) is 7.44. The molecule has 2 N–H and O–H groups in total. The Hall–Kier alpha value is -3.42. The number of aromatic nitrogens is 1. The zero-order chi connectivity index (χ0) is 22.4. The Balaban J connectivity index is 1.91. The van der Waals surface area contributed by atoms with E-state index in [0.717, 1.165) is 12.0 Å². The molecular formula is C22H27N3O5. The molecule has 0 aliphatic rings. The molecule has 1 heterocycles. The van der Waals surface area contributed by atoms with Crippen molar-refractivity contribution < 1.29 is 23.9 Å². The highest BCUT2D eigenvalue weighted by Crippen LogP contribution is 2.19. The van der Waals surface area contributed by atoms with Gasteiger partial charge in [0, 0.05) is 24.0 Å². The number of para-hydroxylation sites is 1. The number of ketones is 1. The third kappa shape index (κ3) is 5.34. The number of nitrogens with zero attached hydrogens (tertiary/aromatic N) is 1. The van der Waals surface area contributed by atoms with Crippen molar-refractivity contribution in [1.29, 1.82) is 0 Å². The number of aromatic amines is 1. The minimum atomic E-state index is -0.730. The third-order valence-corrected chi connectivity index (χ3v) is 4.80. The lowest BCUT2D eigenvalue weighted by molar-refractivity contribution is -0.136. The van der Waals surface area contributed by atoms with Crippen LogP contribution in [0.15, 0.2) is 24.3 Å². The van der Waals surface area contributed by atoms with Gasteiger partial charge in [0.1, 0.15) is 5.69 Å². The molecule has 30 heavy (non-hydrogen) atoms. The van der Waals surface area contributed by atoms with E-state index in [0.29, 0.717) is 22.5 Å². The van der Waals surface area contributed by atoms with Crippen molar-refractivity contribution in [2.24, 2.45) is 0 Å². The molecule has 0 bridgehead atoms. The SMILES string of the molecule is CCc1ccccc1NC(=O)CN(C)C(=O)COC(=O)c1[nH]c(C)c(C(C)=O)c1C. The van der Waals surface area contributed by atoms with Crippen LogP contribution >= 0.6 is 0 Å². The van der Waals surface area contributed by atoms with Crippen LogP contribution in [0.1, 0.15) is 51.5 Å². The first-order valence-corrected chi connectivity index (χ1v) is 9.64. The molecule has 1 aromatic heterocycles. The second-order valence-corrected chi connectivity index (χ2v) is 7.07. The highest BCUT2D eigenvalue weighted by atomic mass is 16.5. The fourth-order valence-electron chi connectivity index (χ4n) is 3.24. The van der Waals surface area contributed by atoms with Gasteiger partial charge in [-0.3, -0.25) is 14.4 Å². The van der Waals surface area contributed by atoms with Gasteiger partial charge in [-0.2, -0.15) is 0 Å². The zero-order valence-corrected chi connectivity index (χ0v) is 17.9. The van der Waals surface area contributed by atoms with Crippen molar-refractivity contribution >= 4 is 29.3 Å². The van der Waals surface area contributed by atoms with E-state index in [1.165, 1.54) is 18.9 Å². The molecule has 0 saturated heterocycles. The molecule has 0 fully saturated rings. The highest BCUT2D eigenvalue weighted by molar-refractivity contribution is 6.01. The van der Waals surface area contributed by atoms with Crippen LogP contribution in [-0.2, 0) is 20.7 Å². The number of esters is 1. The number of rotatable bonds is 8. The van der Waals surface area contributed by atoms with Crippen LogP contribution in [-0.4, -0.2) is 53.7 Å². The van der Waals surface area contributed by atoms with E-state index < -0.39 is 18.5 Å². The molecular weight excluding hydrogens is 386 g/mol. The third-order valence-electron chi connectivity index (χ3n) is 4.80. The number of carbonyl (C=O) groups excluding carboxylic acids is 4. The molecule has 0 aliphatic heterocycles. The average molecular weight is 413 g/mol. The maximum absolute atomic E-state index is 12.3. The lowest BCUT2D eigenvalue weighted by atomic mass is 10.1. The number of amides is 2. The van der Waals surface area contributed by atoms with Crippen molar-refractivity contribution in [2.75, 3.05) is 25.5 Å². The predicted molar refractivity (Wildman–Crippen MR) is 113 cm³/mol. The number of benzene rings is 1. The summed E-state index contributed by atoms with van der Waals surface area (Å²) in [7, 11) is 1.46. The summed E-state index contributed by atoms with van der Waals surface area (Å²) in [5.74, 6) is -1.76. The number of hydrogen-bond acceptors (Lipinski definition) is 5. The van der Waals surface area contributed by atoms with Crippen molar-refractivity contribution in [1.82, 2.24) is 9.88 Å². The number of H-pyrrole nitrogens is 1. The monoisotopic (exact) mass is 413 g/mol. The zero-order valence-electron chi connectivity index (χ0n) is 17.9. The minimum Gasteiger partial charge on any atom is -0.451 e. The summed E-state index contributed by atoms with van der Waals surface area (Å²) in [5, 5.41) is 2.79. The Labute approximate surface area is 175 Å². The van der Waals surface area contributed by atoms with E-state index >= 15 is 0 Å². The van der Waals surface area contributed by atoms with E-state index in [1.807, 2.05) is 25.1 Å². The van der Waals surface area contributed by atoms with Gasteiger partial charge in [0.15, 0.2) is 12.4 Å². The van der Waals surface area contributed by atoms with Crippen LogP contribution in [0.25, 0.3) is 0 Å². The van der Waals surface area contributed by atoms with Crippen LogP contribution in [0.3, 0.4) is 0 Å². The maximum Gasteiger partial charge on any atom is 0.355 e. The van der Waals surface area contributed by atoms with E-state index in [4.69, 9.17) is 4.74 Å². The van der Waals surface area contributed by atoms with Crippen LogP contribution in [0.2, 0.25) is 0 Å². The van der Waals surface area contributed by atoms with Crippen molar-refractivity contribution in [2.45, 2.75) is 34.1 Å². The summed E-state index contributed by atoms with van der Waals surface area (Å²) in [6.45, 7) is 6.05. The van der Waals surface area contributed by atoms with Crippen molar-refractivity contribution in [3.8, 4) is 0 Å². The molecule has 0 unspecified atom stereocenters. The quantitative estimate of drug-likeness (QED) is 0.511. The molecule has 2 aromatic rings. The number of hydrogen-bond donors (Lipinski definition) is 2. The normalized spacial score (nSPS) is 10.4. The van der Waals surface area contributed by atoms with Gasteiger partial charge in [-0.15, -0.1) is 0 Å². The molecule has 8 nitrogen and oxygen atoms in total. The van der Waals surface area contributed by atoms with Crippen molar-refractivity contribution in [3.05, 3.63) is 52.3 Å². The molecule has 0 spiro atoms. The van der Waals surface area contributed by atoms with E-state index in [2.05, 4.69) is 10.3 Å². The molecule has 0 aliphatic carbocycles.